The third kappa shape index (κ3) is 7.71. The van der Waals surface area contributed by atoms with Crippen LogP contribution in [0.25, 0.3) is 0 Å². The first-order valence-corrected chi connectivity index (χ1v) is 8.07. The summed E-state index contributed by atoms with van der Waals surface area (Å²) in [7, 11) is 1.67. The molecule has 2 N–H and O–H groups in total. The molecule has 0 saturated carbocycles. The van der Waals surface area contributed by atoms with E-state index in [1.54, 1.807) is 7.11 Å². The molecular formula is C16H27N3O4. The van der Waals surface area contributed by atoms with Crippen LogP contribution in [0.15, 0.2) is 12.1 Å². The molecule has 0 unspecified atom stereocenters. The molecule has 0 atom stereocenters. The van der Waals surface area contributed by atoms with Crippen molar-refractivity contribution in [3.05, 3.63) is 23.5 Å². The summed E-state index contributed by atoms with van der Waals surface area (Å²) in [6.45, 7) is 6.63. The second kappa shape index (κ2) is 11.3. The highest BCUT2D eigenvalue weighted by molar-refractivity contribution is 5.27. The van der Waals surface area contributed by atoms with Crippen LogP contribution >= 0.6 is 0 Å². The van der Waals surface area contributed by atoms with Crippen molar-refractivity contribution < 1.29 is 18.9 Å². The number of methoxy groups -OCH3 is 1. The molecular weight excluding hydrogens is 298 g/mol. The van der Waals surface area contributed by atoms with Crippen LogP contribution in [-0.2, 0) is 27.3 Å². The zero-order valence-electron chi connectivity index (χ0n) is 13.8. The highest BCUT2D eigenvalue weighted by Crippen LogP contribution is 2.13. The van der Waals surface area contributed by atoms with Gasteiger partial charge in [-0.15, -0.1) is 0 Å². The normalized spacial score (nSPS) is 19.5. The van der Waals surface area contributed by atoms with Gasteiger partial charge in [-0.1, -0.05) is 0 Å². The minimum atomic E-state index is 0.600. The van der Waals surface area contributed by atoms with Gasteiger partial charge in [0, 0.05) is 38.3 Å². The van der Waals surface area contributed by atoms with E-state index in [1.807, 2.05) is 12.1 Å². The maximum absolute atomic E-state index is 5.50. The van der Waals surface area contributed by atoms with Gasteiger partial charge in [-0.3, -0.25) is 4.98 Å². The average molecular weight is 325 g/mol. The van der Waals surface area contributed by atoms with Crippen LogP contribution in [0, 0.1) is 0 Å². The molecule has 0 saturated heterocycles. The third-order valence-electron chi connectivity index (χ3n) is 3.34. The van der Waals surface area contributed by atoms with Crippen molar-refractivity contribution >= 4 is 0 Å². The largest absolute Gasteiger partial charge is 0.497 e. The Bertz CT molecular complexity index is 411. The van der Waals surface area contributed by atoms with Gasteiger partial charge in [0.1, 0.15) is 5.75 Å². The standard InChI is InChI=1S/C16H27N3O4/c1-20-16-10-14-12-17-2-4-21-6-8-23-9-7-22-5-3-18-13-15(11-16)19-14/h10-11,17-18H,2-9,12-13H2,1H3. The number of rotatable bonds is 1. The second-order valence-corrected chi connectivity index (χ2v) is 5.18. The van der Waals surface area contributed by atoms with Gasteiger partial charge < -0.3 is 29.6 Å². The lowest BCUT2D eigenvalue weighted by molar-refractivity contribution is 0.0156. The van der Waals surface area contributed by atoms with E-state index in [1.165, 1.54) is 0 Å². The number of fused-ring (bicyclic) bond motifs is 2. The molecule has 0 aliphatic carbocycles. The molecule has 0 amide bonds. The molecule has 130 valence electrons. The molecule has 1 aromatic rings. The molecule has 0 radical (unpaired) electrons. The first kappa shape index (κ1) is 18.1. The van der Waals surface area contributed by atoms with Gasteiger partial charge in [-0.05, 0) is 0 Å². The molecule has 2 rings (SSSR count). The first-order valence-electron chi connectivity index (χ1n) is 8.07. The van der Waals surface area contributed by atoms with Gasteiger partial charge >= 0.3 is 0 Å². The zero-order chi connectivity index (χ0) is 16.2. The van der Waals surface area contributed by atoms with Gasteiger partial charge in [0.2, 0.25) is 0 Å². The Balaban J connectivity index is 1.89. The third-order valence-corrected chi connectivity index (χ3v) is 3.34. The molecule has 0 fully saturated rings. The number of ether oxygens (including phenoxy) is 4. The van der Waals surface area contributed by atoms with Crippen molar-refractivity contribution in [1.29, 1.82) is 0 Å². The molecule has 2 bridgehead atoms. The van der Waals surface area contributed by atoms with E-state index in [0.29, 0.717) is 52.7 Å². The fourth-order valence-electron chi connectivity index (χ4n) is 2.18. The summed E-state index contributed by atoms with van der Waals surface area (Å²) in [5, 5.41) is 6.65. The quantitative estimate of drug-likeness (QED) is 0.771. The lowest BCUT2D eigenvalue weighted by Gasteiger charge is -2.11. The van der Waals surface area contributed by atoms with Gasteiger partial charge in [0.15, 0.2) is 0 Å². The Morgan fingerprint density at radius 1 is 0.826 bits per heavy atom. The molecule has 2 heterocycles. The summed E-state index contributed by atoms with van der Waals surface area (Å²) in [4.78, 5) is 4.64. The van der Waals surface area contributed by atoms with E-state index in [-0.39, 0.29) is 0 Å². The van der Waals surface area contributed by atoms with Gasteiger partial charge in [-0.2, -0.15) is 0 Å². The van der Waals surface area contributed by atoms with E-state index in [9.17, 15) is 0 Å². The Morgan fingerprint density at radius 2 is 1.30 bits per heavy atom. The van der Waals surface area contributed by atoms with Crippen molar-refractivity contribution in [2.24, 2.45) is 0 Å². The van der Waals surface area contributed by atoms with Crippen molar-refractivity contribution in [3.8, 4) is 5.75 Å². The number of hydrogen-bond donors (Lipinski definition) is 2. The van der Waals surface area contributed by atoms with Gasteiger partial charge in [-0.25, -0.2) is 0 Å². The summed E-state index contributed by atoms with van der Waals surface area (Å²) < 4.78 is 21.8. The van der Waals surface area contributed by atoms with Crippen molar-refractivity contribution in [2.45, 2.75) is 13.1 Å². The summed E-state index contributed by atoms with van der Waals surface area (Å²) in [6.07, 6.45) is 0. The van der Waals surface area contributed by atoms with E-state index in [4.69, 9.17) is 18.9 Å². The first-order chi connectivity index (χ1) is 11.4. The average Bonchev–Trinajstić information content (AvgIpc) is 2.57. The SMILES string of the molecule is COc1cc2nc(c1)CNCCOCCOCCOCCNC2. The predicted octanol–water partition coefficient (Wildman–Crippen LogP) is 0.333. The number of nitrogens with zero attached hydrogens (tertiary/aromatic N) is 1. The Morgan fingerprint density at radius 3 is 1.78 bits per heavy atom. The smallest absolute Gasteiger partial charge is 0.122 e. The van der Waals surface area contributed by atoms with Crippen LogP contribution in [0.5, 0.6) is 5.75 Å². The summed E-state index contributed by atoms with van der Waals surface area (Å²) in [5.41, 5.74) is 1.92. The van der Waals surface area contributed by atoms with Crippen molar-refractivity contribution in [2.75, 3.05) is 59.8 Å². The van der Waals surface area contributed by atoms with E-state index in [0.717, 1.165) is 30.2 Å². The predicted molar refractivity (Wildman–Crippen MR) is 86.7 cm³/mol. The van der Waals surface area contributed by atoms with Crippen LogP contribution in [0.2, 0.25) is 0 Å². The van der Waals surface area contributed by atoms with E-state index >= 15 is 0 Å². The molecule has 7 heteroatoms. The van der Waals surface area contributed by atoms with Crippen LogP contribution in [0.3, 0.4) is 0 Å². The number of pyridine rings is 1. The van der Waals surface area contributed by atoms with E-state index in [2.05, 4.69) is 15.6 Å². The van der Waals surface area contributed by atoms with Crippen LogP contribution < -0.4 is 15.4 Å². The fourth-order valence-corrected chi connectivity index (χ4v) is 2.18. The monoisotopic (exact) mass is 325 g/mol. The van der Waals surface area contributed by atoms with Crippen LogP contribution in [-0.4, -0.2) is 64.8 Å². The zero-order valence-corrected chi connectivity index (χ0v) is 13.8. The van der Waals surface area contributed by atoms with Crippen molar-refractivity contribution in [1.82, 2.24) is 15.6 Å². The van der Waals surface area contributed by atoms with Crippen LogP contribution in [0.4, 0.5) is 0 Å². The summed E-state index contributed by atoms with van der Waals surface area (Å²) in [5.74, 6) is 0.827. The second-order valence-electron chi connectivity index (χ2n) is 5.18. The van der Waals surface area contributed by atoms with Gasteiger partial charge in [0.05, 0.1) is 58.1 Å². The van der Waals surface area contributed by atoms with E-state index < -0.39 is 0 Å². The molecule has 23 heavy (non-hydrogen) atoms. The Hall–Kier alpha value is -1.25. The molecule has 1 aliphatic heterocycles. The minimum Gasteiger partial charge on any atom is -0.497 e. The maximum Gasteiger partial charge on any atom is 0.122 e. The number of aromatic nitrogens is 1. The lowest BCUT2D eigenvalue weighted by Crippen LogP contribution is -2.23. The maximum atomic E-state index is 5.50. The minimum absolute atomic E-state index is 0.600. The molecule has 0 aromatic carbocycles. The van der Waals surface area contributed by atoms with Gasteiger partial charge in [0.25, 0.3) is 0 Å². The number of hydrogen-bond acceptors (Lipinski definition) is 7. The van der Waals surface area contributed by atoms with Crippen molar-refractivity contribution in [3.63, 3.8) is 0 Å². The Kier molecular flexibility index (Phi) is 8.90. The van der Waals surface area contributed by atoms with Crippen LogP contribution in [0.1, 0.15) is 11.4 Å². The molecule has 1 aromatic heterocycles. The topological polar surface area (TPSA) is 73.9 Å². The summed E-state index contributed by atoms with van der Waals surface area (Å²) in [6, 6.07) is 3.90. The highest BCUT2D eigenvalue weighted by atomic mass is 16.5. The summed E-state index contributed by atoms with van der Waals surface area (Å²) >= 11 is 0. The molecule has 7 nitrogen and oxygen atoms in total. The number of nitrogens with one attached hydrogen (secondary N) is 2. The fraction of sp³-hybridized carbons (Fsp3) is 0.688. The highest BCUT2D eigenvalue weighted by Gasteiger charge is 2.04. The molecule has 0 spiro atoms. The lowest BCUT2D eigenvalue weighted by atomic mass is 10.2. The Labute approximate surface area is 137 Å². The molecule has 1 aliphatic rings.